The van der Waals surface area contributed by atoms with Crippen molar-refractivity contribution >= 4 is 17.9 Å². The number of hydrogen-bond acceptors (Lipinski definition) is 6. The zero-order valence-electron chi connectivity index (χ0n) is 44.3. The molecule has 68 heavy (non-hydrogen) atoms. The van der Waals surface area contributed by atoms with Crippen molar-refractivity contribution < 1.29 is 28.6 Å². The zero-order valence-corrected chi connectivity index (χ0v) is 44.3. The first-order chi connectivity index (χ1) is 33.5. The van der Waals surface area contributed by atoms with Crippen LogP contribution in [0.5, 0.6) is 0 Å². The number of esters is 3. The molecule has 6 nitrogen and oxygen atoms in total. The Kier molecular flexibility index (Phi) is 52.9. The fourth-order valence-corrected chi connectivity index (χ4v) is 7.63. The van der Waals surface area contributed by atoms with Crippen molar-refractivity contribution in [2.24, 2.45) is 0 Å². The van der Waals surface area contributed by atoms with Gasteiger partial charge in [-0.15, -0.1) is 0 Å². The summed E-state index contributed by atoms with van der Waals surface area (Å²) in [6, 6.07) is 0. The molecule has 0 rings (SSSR count). The average molecular weight is 946 g/mol. The van der Waals surface area contributed by atoms with Crippen LogP contribution in [0, 0.1) is 0 Å². The smallest absolute Gasteiger partial charge is 0.306 e. The highest BCUT2D eigenvalue weighted by Crippen LogP contribution is 2.15. The van der Waals surface area contributed by atoms with Crippen LogP contribution in [0.2, 0.25) is 0 Å². The predicted octanol–water partition coefficient (Wildman–Crippen LogP) is 18.9. The molecular weight excluding hydrogens is 841 g/mol. The standard InChI is InChI=1S/C62H104O6/c1-4-7-10-13-16-19-22-25-28-31-34-37-40-43-46-49-52-55-61(64)67-58-59(57-66-60(63)54-51-48-45-42-39-36-33-30-27-24-21-18-15-12-9-6-3)68-62(65)56-53-50-47-44-41-38-35-32-29-26-23-20-17-14-11-8-5-2/h9,12,18,21,25,27-28,30,34,36-37,39,43,45-46,48,59H,4-8,10-11,13-17,19-20,22-24,26,29,31-33,35,38,40-42,44,47,49-58H2,1-3H3/b12-9-,21-18-,28-25-,30-27-,37-34-,39-36-,46-43-,48-45-. The largest absolute Gasteiger partial charge is 0.462 e. The summed E-state index contributed by atoms with van der Waals surface area (Å²) in [6.45, 7) is 6.42. The Morgan fingerprint density at radius 2 is 0.618 bits per heavy atom. The highest BCUT2D eigenvalue weighted by Gasteiger charge is 2.19. The highest BCUT2D eigenvalue weighted by molar-refractivity contribution is 5.71. The maximum absolute atomic E-state index is 12.8. The third-order valence-electron chi connectivity index (χ3n) is 11.8. The molecule has 0 N–H and O–H groups in total. The van der Waals surface area contributed by atoms with Crippen LogP contribution in [0.4, 0.5) is 0 Å². The summed E-state index contributed by atoms with van der Waals surface area (Å²) < 4.78 is 16.7. The van der Waals surface area contributed by atoms with E-state index in [9.17, 15) is 14.4 Å². The molecule has 0 saturated heterocycles. The van der Waals surface area contributed by atoms with Gasteiger partial charge in [0.05, 0.1) is 0 Å². The summed E-state index contributed by atoms with van der Waals surface area (Å²) in [5.41, 5.74) is 0. The van der Waals surface area contributed by atoms with Crippen molar-refractivity contribution in [3.63, 3.8) is 0 Å². The topological polar surface area (TPSA) is 78.9 Å². The minimum atomic E-state index is -0.827. The van der Waals surface area contributed by atoms with Gasteiger partial charge < -0.3 is 14.2 Å². The molecular formula is C62H104O6. The molecule has 0 aliphatic carbocycles. The maximum atomic E-state index is 12.8. The minimum absolute atomic E-state index is 0.125. The fraction of sp³-hybridized carbons (Fsp3) is 0.694. The van der Waals surface area contributed by atoms with Crippen LogP contribution in [-0.2, 0) is 28.6 Å². The molecule has 0 aliphatic heterocycles. The molecule has 0 fully saturated rings. The molecule has 0 aromatic heterocycles. The minimum Gasteiger partial charge on any atom is -0.462 e. The van der Waals surface area contributed by atoms with Gasteiger partial charge in [-0.25, -0.2) is 0 Å². The molecule has 0 saturated carbocycles. The molecule has 0 radical (unpaired) electrons. The average Bonchev–Trinajstić information content (AvgIpc) is 3.34. The van der Waals surface area contributed by atoms with Crippen LogP contribution in [0.1, 0.15) is 258 Å². The van der Waals surface area contributed by atoms with Gasteiger partial charge in [0.2, 0.25) is 0 Å². The van der Waals surface area contributed by atoms with Gasteiger partial charge >= 0.3 is 17.9 Å². The van der Waals surface area contributed by atoms with E-state index in [1.165, 1.54) is 135 Å². The van der Waals surface area contributed by atoms with E-state index < -0.39 is 6.10 Å². The molecule has 0 spiro atoms. The Labute approximate surface area is 419 Å². The lowest BCUT2D eigenvalue weighted by Gasteiger charge is -2.18. The van der Waals surface area contributed by atoms with Crippen molar-refractivity contribution in [1.82, 2.24) is 0 Å². The van der Waals surface area contributed by atoms with E-state index in [-0.39, 0.29) is 44.0 Å². The van der Waals surface area contributed by atoms with Crippen LogP contribution >= 0.6 is 0 Å². The van der Waals surface area contributed by atoms with Crippen molar-refractivity contribution in [3.05, 3.63) is 97.2 Å². The second-order valence-electron chi connectivity index (χ2n) is 18.5. The molecule has 1 atom stereocenters. The van der Waals surface area contributed by atoms with Crippen LogP contribution in [-0.4, -0.2) is 37.2 Å². The van der Waals surface area contributed by atoms with Gasteiger partial charge in [0.25, 0.3) is 0 Å². The van der Waals surface area contributed by atoms with Crippen molar-refractivity contribution in [3.8, 4) is 0 Å². The predicted molar refractivity (Wildman–Crippen MR) is 293 cm³/mol. The van der Waals surface area contributed by atoms with E-state index in [0.29, 0.717) is 19.3 Å². The lowest BCUT2D eigenvalue weighted by Crippen LogP contribution is -2.30. The van der Waals surface area contributed by atoms with Gasteiger partial charge in [-0.1, -0.05) is 253 Å². The molecule has 0 aliphatic rings. The summed E-state index contributed by atoms with van der Waals surface area (Å²) in [5.74, 6) is -1.05. The van der Waals surface area contributed by atoms with Crippen LogP contribution in [0.25, 0.3) is 0 Å². The third kappa shape index (κ3) is 53.3. The molecule has 388 valence electrons. The van der Waals surface area contributed by atoms with E-state index in [2.05, 4.69) is 106 Å². The molecule has 0 heterocycles. The van der Waals surface area contributed by atoms with Crippen LogP contribution in [0.3, 0.4) is 0 Å². The van der Waals surface area contributed by atoms with Gasteiger partial charge in [0.15, 0.2) is 6.10 Å². The number of unbranched alkanes of at least 4 members (excludes halogenated alkanes) is 23. The second-order valence-corrected chi connectivity index (χ2v) is 18.5. The van der Waals surface area contributed by atoms with Crippen molar-refractivity contribution in [1.29, 1.82) is 0 Å². The molecule has 1 unspecified atom stereocenters. The SMILES string of the molecule is CC/C=C\C/C=C\C/C=C\C/C=C\C/C=C\CCC(=O)OCC(COC(=O)CCC/C=C\C/C=C\C/C=C\CCCCCCCC)OC(=O)CCCCCCCCCCCCCCCCCCC. The number of hydrogen-bond donors (Lipinski definition) is 0. The molecule has 0 bridgehead atoms. The van der Waals surface area contributed by atoms with Gasteiger partial charge in [0.1, 0.15) is 13.2 Å². The summed E-state index contributed by atoms with van der Waals surface area (Å²) >= 11 is 0. The monoisotopic (exact) mass is 945 g/mol. The summed E-state index contributed by atoms with van der Waals surface area (Å²) in [4.78, 5) is 38.1. The van der Waals surface area contributed by atoms with Gasteiger partial charge in [-0.2, -0.15) is 0 Å². The molecule has 0 amide bonds. The summed E-state index contributed by atoms with van der Waals surface area (Å²) in [5, 5.41) is 0. The molecule has 0 aromatic rings. The number of rotatable bonds is 50. The Balaban J connectivity index is 4.54. The van der Waals surface area contributed by atoms with Crippen LogP contribution < -0.4 is 0 Å². The lowest BCUT2D eigenvalue weighted by atomic mass is 10.0. The Morgan fingerprint density at radius 1 is 0.309 bits per heavy atom. The lowest BCUT2D eigenvalue weighted by molar-refractivity contribution is -0.166. The van der Waals surface area contributed by atoms with E-state index in [1.54, 1.807) is 0 Å². The van der Waals surface area contributed by atoms with Crippen LogP contribution in [0.15, 0.2) is 97.2 Å². The van der Waals surface area contributed by atoms with E-state index in [1.807, 2.05) is 12.2 Å². The Bertz CT molecular complexity index is 1360. The van der Waals surface area contributed by atoms with Gasteiger partial charge in [0, 0.05) is 19.3 Å². The molecule has 0 aromatic carbocycles. The van der Waals surface area contributed by atoms with E-state index in [4.69, 9.17) is 14.2 Å². The summed E-state index contributed by atoms with van der Waals surface area (Å²) in [7, 11) is 0. The molecule has 6 heteroatoms. The Morgan fingerprint density at radius 3 is 1.03 bits per heavy atom. The quantitative estimate of drug-likeness (QED) is 0.0262. The first-order valence-corrected chi connectivity index (χ1v) is 28.2. The number of ether oxygens (including phenoxy) is 3. The first kappa shape index (κ1) is 64.3. The normalized spacial score (nSPS) is 12.8. The van der Waals surface area contributed by atoms with E-state index >= 15 is 0 Å². The first-order valence-electron chi connectivity index (χ1n) is 28.2. The zero-order chi connectivity index (χ0) is 49.3. The highest BCUT2D eigenvalue weighted by atomic mass is 16.6. The fourth-order valence-electron chi connectivity index (χ4n) is 7.63. The third-order valence-corrected chi connectivity index (χ3v) is 11.8. The van der Waals surface area contributed by atoms with Gasteiger partial charge in [-0.05, 0) is 83.5 Å². The number of allylic oxidation sites excluding steroid dienone is 16. The Hall–Kier alpha value is -3.67. The summed E-state index contributed by atoms with van der Waals surface area (Å²) in [6.07, 6.45) is 74.2. The number of carbonyl (C=O) groups excluding carboxylic acids is 3. The second kappa shape index (κ2) is 55.9. The van der Waals surface area contributed by atoms with Crippen molar-refractivity contribution in [2.75, 3.05) is 13.2 Å². The van der Waals surface area contributed by atoms with E-state index in [0.717, 1.165) is 70.6 Å². The number of carbonyl (C=O) groups is 3. The van der Waals surface area contributed by atoms with Crippen molar-refractivity contribution in [2.45, 2.75) is 264 Å². The maximum Gasteiger partial charge on any atom is 0.306 e. The van der Waals surface area contributed by atoms with Gasteiger partial charge in [-0.3, -0.25) is 14.4 Å².